The van der Waals surface area contributed by atoms with E-state index >= 15 is 0 Å². The van der Waals surface area contributed by atoms with E-state index in [0.29, 0.717) is 34.6 Å². The number of aryl methyl sites for hydroxylation is 1. The van der Waals surface area contributed by atoms with E-state index in [0.717, 1.165) is 30.2 Å². The Bertz CT molecular complexity index is 1130. The minimum absolute atomic E-state index is 0.0797. The highest BCUT2D eigenvalue weighted by Gasteiger charge is 2.17. The van der Waals surface area contributed by atoms with Gasteiger partial charge < -0.3 is 14.6 Å². The Morgan fingerprint density at radius 1 is 0.743 bits per heavy atom. The highest BCUT2D eigenvalue weighted by molar-refractivity contribution is 5.83. The zero-order valence-corrected chi connectivity index (χ0v) is 21.8. The van der Waals surface area contributed by atoms with Gasteiger partial charge in [-0.3, -0.25) is 4.79 Å². The summed E-state index contributed by atoms with van der Waals surface area (Å²) in [5.74, 6) is 3.12. The fraction of sp³-hybridized carbons (Fsp3) is 0.516. The Balaban J connectivity index is 1.62. The van der Waals surface area contributed by atoms with Crippen LogP contribution in [0, 0.1) is 17.8 Å². The van der Waals surface area contributed by atoms with Crippen LogP contribution in [0.3, 0.4) is 0 Å². The summed E-state index contributed by atoms with van der Waals surface area (Å²) in [7, 11) is 0. The van der Waals surface area contributed by atoms with Crippen LogP contribution in [0.1, 0.15) is 84.8 Å². The molecular formula is C31H42O4. The lowest BCUT2D eigenvalue weighted by molar-refractivity contribution is 0.386. The van der Waals surface area contributed by atoms with Gasteiger partial charge in [-0.1, -0.05) is 84.8 Å². The second-order valence-corrected chi connectivity index (χ2v) is 10.8. The number of aromatic hydroxyl groups is 2. The molecule has 0 bridgehead atoms. The Morgan fingerprint density at radius 3 is 1.94 bits per heavy atom. The molecule has 0 radical (unpaired) electrons. The molecule has 0 aliphatic heterocycles. The van der Waals surface area contributed by atoms with Gasteiger partial charge in [0.05, 0.1) is 10.9 Å². The highest BCUT2D eigenvalue weighted by atomic mass is 16.3. The average Bonchev–Trinajstić information content (AvgIpc) is 2.79. The van der Waals surface area contributed by atoms with E-state index in [1.807, 2.05) is 0 Å². The number of phenolic OH excluding ortho intramolecular Hbond substituents is 2. The van der Waals surface area contributed by atoms with Crippen molar-refractivity contribution in [1.29, 1.82) is 0 Å². The topological polar surface area (TPSA) is 70.7 Å². The standard InChI is InChI=1S/C31H42O4/c1-21(2)8-5-9-22(3)10-6-11-23(4)12-7-13-28-30(24-14-16-25(32)17-15-24)31(34)27-19-18-26(33)20-29(27)35-28/h14-23,32-33H,5-13H2,1-4H3/t22-,23-/m1/s1. The molecule has 1 aromatic heterocycles. The average molecular weight is 479 g/mol. The van der Waals surface area contributed by atoms with Crippen molar-refractivity contribution in [2.45, 2.75) is 85.5 Å². The number of benzene rings is 2. The van der Waals surface area contributed by atoms with Gasteiger partial charge in [0.25, 0.3) is 0 Å². The van der Waals surface area contributed by atoms with E-state index in [1.165, 1.54) is 50.7 Å². The van der Waals surface area contributed by atoms with Crippen LogP contribution in [0.2, 0.25) is 0 Å². The van der Waals surface area contributed by atoms with Crippen LogP contribution in [-0.4, -0.2) is 10.2 Å². The van der Waals surface area contributed by atoms with Gasteiger partial charge in [-0.25, -0.2) is 0 Å². The van der Waals surface area contributed by atoms with Crippen LogP contribution < -0.4 is 5.43 Å². The summed E-state index contributed by atoms with van der Waals surface area (Å²) >= 11 is 0. The molecule has 0 amide bonds. The lowest BCUT2D eigenvalue weighted by Gasteiger charge is -2.15. The van der Waals surface area contributed by atoms with Gasteiger partial charge in [0.2, 0.25) is 5.43 Å². The molecular weight excluding hydrogens is 436 g/mol. The first-order chi connectivity index (χ1) is 16.7. The van der Waals surface area contributed by atoms with Crippen LogP contribution in [0.15, 0.2) is 51.7 Å². The van der Waals surface area contributed by atoms with Crippen molar-refractivity contribution in [2.24, 2.45) is 17.8 Å². The molecule has 0 spiro atoms. The molecule has 0 unspecified atom stereocenters. The van der Waals surface area contributed by atoms with Crippen molar-refractivity contribution in [3.8, 4) is 22.6 Å². The van der Waals surface area contributed by atoms with Crippen molar-refractivity contribution < 1.29 is 14.6 Å². The van der Waals surface area contributed by atoms with Gasteiger partial charge in [0.1, 0.15) is 22.8 Å². The first-order valence-corrected chi connectivity index (χ1v) is 13.3. The number of hydrogen-bond donors (Lipinski definition) is 2. The molecule has 4 nitrogen and oxygen atoms in total. The van der Waals surface area contributed by atoms with Crippen molar-refractivity contribution in [3.63, 3.8) is 0 Å². The third-order valence-electron chi connectivity index (χ3n) is 7.08. The van der Waals surface area contributed by atoms with Crippen LogP contribution in [0.25, 0.3) is 22.1 Å². The Kier molecular flexibility index (Phi) is 9.83. The number of fused-ring (bicyclic) bond motifs is 1. The normalized spacial score (nSPS) is 13.4. The second-order valence-electron chi connectivity index (χ2n) is 10.8. The first kappa shape index (κ1) is 26.8. The van der Waals surface area contributed by atoms with E-state index in [2.05, 4.69) is 27.7 Å². The van der Waals surface area contributed by atoms with Gasteiger partial charge >= 0.3 is 0 Å². The molecule has 0 aliphatic carbocycles. The fourth-order valence-corrected chi connectivity index (χ4v) is 4.91. The molecule has 190 valence electrons. The third kappa shape index (κ3) is 7.88. The maximum Gasteiger partial charge on any atom is 0.200 e. The lowest BCUT2D eigenvalue weighted by atomic mass is 9.91. The minimum Gasteiger partial charge on any atom is -0.508 e. The predicted molar refractivity (Wildman–Crippen MR) is 145 cm³/mol. The van der Waals surface area contributed by atoms with E-state index in [4.69, 9.17) is 4.42 Å². The Hall–Kier alpha value is -2.75. The molecule has 2 N–H and O–H groups in total. The maximum atomic E-state index is 13.4. The second kappa shape index (κ2) is 12.8. The maximum absolute atomic E-state index is 13.4. The number of hydrogen-bond acceptors (Lipinski definition) is 4. The van der Waals surface area contributed by atoms with Gasteiger partial charge in [-0.2, -0.15) is 0 Å². The van der Waals surface area contributed by atoms with Crippen molar-refractivity contribution in [3.05, 3.63) is 58.4 Å². The molecule has 35 heavy (non-hydrogen) atoms. The molecule has 3 rings (SSSR count). The lowest BCUT2D eigenvalue weighted by Crippen LogP contribution is -2.09. The van der Waals surface area contributed by atoms with E-state index < -0.39 is 0 Å². The third-order valence-corrected chi connectivity index (χ3v) is 7.08. The summed E-state index contributed by atoms with van der Waals surface area (Å²) in [4.78, 5) is 13.4. The quantitative estimate of drug-likeness (QED) is 0.258. The molecule has 1 heterocycles. The van der Waals surface area contributed by atoms with Gasteiger partial charge in [0, 0.05) is 12.5 Å². The van der Waals surface area contributed by atoms with Gasteiger partial charge in [-0.05, 0) is 54.0 Å². The minimum atomic E-state index is -0.105. The molecule has 2 aromatic carbocycles. The molecule has 4 heteroatoms. The van der Waals surface area contributed by atoms with Gasteiger partial charge in [0.15, 0.2) is 0 Å². The largest absolute Gasteiger partial charge is 0.508 e. The van der Waals surface area contributed by atoms with Crippen molar-refractivity contribution in [1.82, 2.24) is 0 Å². The monoisotopic (exact) mass is 478 g/mol. The van der Waals surface area contributed by atoms with Crippen molar-refractivity contribution in [2.75, 3.05) is 0 Å². The Labute approximate surface area is 210 Å². The highest BCUT2D eigenvalue weighted by Crippen LogP contribution is 2.29. The summed E-state index contributed by atoms with van der Waals surface area (Å²) in [6, 6.07) is 11.3. The molecule has 0 saturated carbocycles. The van der Waals surface area contributed by atoms with E-state index in [-0.39, 0.29) is 16.9 Å². The summed E-state index contributed by atoms with van der Waals surface area (Å²) in [5.41, 5.74) is 1.59. The fourth-order valence-electron chi connectivity index (χ4n) is 4.91. The first-order valence-electron chi connectivity index (χ1n) is 13.3. The molecule has 2 atom stereocenters. The SMILES string of the molecule is CC(C)CCC[C@@H](C)CCC[C@@H](C)CCCc1oc2cc(O)ccc2c(=O)c1-c1ccc(O)cc1. The molecule has 3 aromatic rings. The summed E-state index contributed by atoms with van der Waals surface area (Å²) < 4.78 is 6.17. The summed E-state index contributed by atoms with van der Waals surface area (Å²) in [6.45, 7) is 9.30. The number of rotatable bonds is 13. The van der Waals surface area contributed by atoms with Crippen molar-refractivity contribution >= 4 is 11.0 Å². The summed E-state index contributed by atoms with van der Waals surface area (Å²) in [5, 5.41) is 20.0. The Morgan fingerprint density at radius 2 is 1.31 bits per heavy atom. The van der Waals surface area contributed by atoms with Crippen LogP contribution in [-0.2, 0) is 6.42 Å². The van der Waals surface area contributed by atoms with Crippen LogP contribution in [0.5, 0.6) is 11.5 Å². The van der Waals surface area contributed by atoms with Crippen LogP contribution in [0.4, 0.5) is 0 Å². The molecule has 0 aliphatic rings. The summed E-state index contributed by atoms with van der Waals surface area (Å²) in [6.07, 6.45) is 10.5. The molecule has 0 fully saturated rings. The predicted octanol–water partition coefficient (Wildman–Crippen LogP) is 8.46. The smallest absolute Gasteiger partial charge is 0.200 e. The zero-order chi connectivity index (χ0) is 25.4. The van der Waals surface area contributed by atoms with E-state index in [9.17, 15) is 15.0 Å². The van der Waals surface area contributed by atoms with E-state index in [1.54, 1.807) is 30.3 Å². The molecule has 0 saturated heterocycles. The van der Waals surface area contributed by atoms with Gasteiger partial charge in [-0.15, -0.1) is 0 Å². The van der Waals surface area contributed by atoms with Crippen LogP contribution >= 0.6 is 0 Å². The zero-order valence-electron chi connectivity index (χ0n) is 21.8. The number of phenols is 2.